The molecule has 0 aromatic carbocycles. The predicted octanol–water partition coefficient (Wildman–Crippen LogP) is 0.645. The Morgan fingerprint density at radius 1 is 1.37 bits per heavy atom. The maximum Gasteiger partial charge on any atom is 0.391 e. The van der Waals surface area contributed by atoms with Gasteiger partial charge in [0.15, 0.2) is 5.76 Å². The van der Waals surface area contributed by atoms with Crippen LogP contribution in [0.25, 0.3) is 11.5 Å². The van der Waals surface area contributed by atoms with Gasteiger partial charge >= 0.3 is 7.60 Å². The van der Waals surface area contributed by atoms with Crippen molar-refractivity contribution in [1.29, 1.82) is 0 Å². The van der Waals surface area contributed by atoms with Gasteiger partial charge in [0, 0.05) is 6.07 Å². The summed E-state index contributed by atoms with van der Waals surface area (Å²) < 4.78 is 21.1. The van der Waals surface area contributed by atoms with Gasteiger partial charge in [-0.2, -0.15) is 0 Å². The van der Waals surface area contributed by atoms with Crippen LogP contribution in [0.15, 0.2) is 28.7 Å². The van der Waals surface area contributed by atoms with E-state index in [2.05, 4.69) is 4.98 Å². The molecule has 0 saturated carbocycles. The Labute approximate surface area is 108 Å². The topological polar surface area (TPSA) is 113 Å². The molecule has 19 heavy (non-hydrogen) atoms. The molecule has 0 saturated heterocycles. The van der Waals surface area contributed by atoms with E-state index in [1.54, 1.807) is 12.1 Å². The van der Waals surface area contributed by atoms with Crippen molar-refractivity contribution in [2.75, 3.05) is 7.11 Å². The summed E-state index contributed by atoms with van der Waals surface area (Å²) in [6.07, 6.45) is 0. The molecule has 0 amide bonds. The summed E-state index contributed by atoms with van der Waals surface area (Å²) >= 11 is 0. The van der Waals surface area contributed by atoms with Crippen molar-refractivity contribution in [1.82, 2.24) is 4.98 Å². The van der Waals surface area contributed by atoms with Gasteiger partial charge in [-0.3, -0.25) is 4.57 Å². The van der Waals surface area contributed by atoms with Crippen LogP contribution in [0.1, 0.15) is 5.56 Å². The number of pyridine rings is 1. The Kier molecular flexibility index (Phi) is 3.73. The van der Waals surface area contributed by atoms with E-state index in [0.29, 0.717) is 11.3 Å². The Balaban J connectivity index is 2.46. The molecule has 0 fully saturated rings. The van der Waals surface area contributed by atoms with Crippen LogP contribution in [0.4, 0.5) is 0 Å². The van der Waals surface area contributed by atoms with Crippen molar-refractivity contribution in [2.24, 2.45) is 0 Å². The standard InChI is InChI=1S/C11H12NO6P/c1-17-10-5-7(6-13)4-8(12-10)9-2-3-11(18-9)19(14,15)16/h2-5,13H,6H2,1H3,(H2,14,15,16). The van der Waals surface area contributed by atoms with Gasteiger partial charge in [-0.15, -0.1) is 0 Å². The molecule has 0 atom stereocenters. The molecule has 0 aliphatic heterocycles. The second-order valence-corrected chi connectivity index (χ2v) is 5.27. The summed E-state index contributed by atoms with van der Waals surface area (Å²) in [7, 11) is -3.00. The molecule has 2 aromatic heterocycles. The lowest BCUT2D eigenvalue weighted by molar-refractivity contribution is 0.280. The molecule has 8 heteroatoms. The summed E-state index contributed by atoms with van der Waals surface area (Å²) in [5, 5.41) is 9.12. The van der Waals surface area contributed by atoms with Crippen LogP contribution in [0.2, 0.25) is 0 Å². The predicted molar refractivity (Wildman–Crippen MR) is 66.1 cm³/mol. The summed E-state index contributed by atoms with van der Waals surface area (Å²) in [5.74, 6) is 0.461. The first kappa shape index (κ1) is 13.8. The molecule has 2 rings (SSSR count). The number of aliphatic hydroxyl groups excluding tert-OH is 1. The zero-order valence-electron chi connectivity index (χ0n) is 9.98. The Morgan fingerprint density at radius 3 is 2.63 bits per heavy atom. The second-order valence-electron chi connectivity index (χ2n) is 3.74. The lowest BCUT2D eigenvalue weighted by atomic mass is 10.2. The first-order valence-corrected chi connectivity index (χ1v) is 6.87. The Bertz CT molecular complexity index is 610. The second kappa shape index (κ2) is 5.14. The fourth-order valence-electron chi connectivity index (χ4n) is 1.50. The SMILES string of the molecule is COc1cc(CO)cc(-c2ccc(P(=O)(O)O)o2)n1. The number of nitrogens with zero attached hydrogens (tertiary/aromatic N) is 1. The van der Waals surface area contributed by atoms with Crippen molar-refractivity contribution in [2.45, 2.75) is 6.61 Å². The molecule has 2 aromatic rings. The van der Waals surface area contributed by atoms with E-state index in [0.717, 1.165) is 0 Å². The van der Waals surface area contributed by atoms with Crippen molar-refractivity contribution < 1.29 is 28.6 Å². The van der Waals surface area contributed by atoms with Gasteiger partial charge in [0.05, 0.1) is 13.7 Å². The lowest BCUT2D eigenvalue weighted by Gasteiger charge is -2.05. The minimum Gasteiger partial charge on any atom is -0.481 e. The Hall–Kier alpha value is -1.66. The van der Waals surface area contributed by atoms with Crippen LogP contribution < -0.4 is 10.2 Å². The van der Waals surface area contributed by atoms with E-state index < -0.39 is 13.1 Å². The highest BCUT2D eigenvalue weighted by atomic mass is 31.2. The van der Waals surface area contributed by atoms with Crippen LogP contribution in [0.3, 0.4) is 0 Å². The van der Waals surface area contributed by atoms with Crippen LogP contribution in [-0.2, 0) is 11.2 Å². The molecule has 0 spiro atoms. The molecule has 0 aliphatic carbocycles. The van der Waals surface area contributed by atoms with Crippen LogP contribution in [-0.4, -0.2) is 27.0 Å². The summed E-state index contributed by atoms with van der Waals surface area (Å²) in [6.45, 7) is -0.210. The first-order chi connectivity index (χ1) is 8.94. The first-order valence-electron chi connectivity index (χ1n) is 5.26. The highest BCUT2D eigenvalue weighted by molar-refractivity contribution is 7.59. The van der Waals surface area contributed by atoms with Gasteiger partial charge in [0.2, 0.25) is 11.4 Å². The smallest absolute Gasteiger partial charge is 0.391 e. The van der Waals surface area contributed by atoms with Gasteiger partial charge in [-0.1, -0.05) is 0 Å². The van der Waals surface area contributed by atoms with E-state index in [1.165, 1.54) is 19.2 Å². The molecule has 0 bridgehead atoms. The molecule has 102 valence electrons. The van der Waals surface area contributed by atoms with Crippen LogP contribution in [0.5, 0.6) is 5.88 Å². The third-order valence-corrected chi connectivity index (χ3v) is 3.20. The highest BCUT2D eigenvalue weighted by Gasteiger charge is 2.22. The van der Waals surface area contributed by atoms with Gasteiger partial charge in [0.25, 0.3) is 0 Å². The van der Waals surface area contributed by atoms with Crippen molar-refractivity contribution >= 4 is 13.1 Å². The molecule has 0 unspecified atom stereocenters. The fraction of sp³-hybridized carbons (Fsp3) is 0.182. The molecule has 0 radical (unpaired) electrons. The zero-order chi connectivity index (χ0) is 14.0. The number of rotatable bonds is 4. The third kappa shape index (κ3) is 3.02. The van der Waals surface area contributed by atoms with E-state index in [4.69, 9.17) is 24.0 Å². The molecular weight excluding hydrogens is 273 g/mol. The van der Waals surface area contributed by atoms with Crippen LogP contribution in [0, 0.1) is 0 Å². The number of furan rings is 1. The molecule has 7 nitrogen and oxygen atoms in total. The maximum atomic E-state index is 11.0. The van der Waals surface area contributed by atoms with Gasteiger partial charge in [-0.25, -0.2) is 4.98 Å². The van der Waals surface area contributed by atoms with Crippen molar-refractivity contribution in [3.05, 3.63) is 29.8 Å². The summed E-state index contributed by atoms with van der Waals surface area (Å²) in [4.78, 5) is 22.1. The summed E-state index contributed by atoms with van der Waals surface area (Å²) in [5.41, 5.74) is 0.441. The highest BCUT2D eigenvalue weighted by Crippen LogP contribution is 2.35. The van der Waals surface area contributed by atoms with Gasteiger partial charge in [-0.05, 0) is 23.8 Å². The number of aliphatic hydroxyl groups is 1. The monoisotopic (exact) mass is 285 g/mol. The normalized spacial score (nSPS) is 11.6. The number of hydrogen-bond donors (Lipinski definition) is 3. The average molecular weight is 285 g/mol. The lowest BCUT2D eigenvalue weighted by Crippen LogP contribution is -1.98. The van der Waals surface area contributed by atoms with Gasteiger partial charge in [0.1, 0.15) is 5.69 Å². The molecular formula is C11H12NO6P. The number of aromatic nitrogens is 1. The number of ether oxygens (including phenoxy) is 1. The quantitative estimate of drug-likeness (QED) is 0.706. The number of hydrogen-bond acceptors (Lipinski definition) is 5. The van der Waals surface area contributed by atoms with E-state index in [-0.39, 0.29) is 18.2 Å². The largest absolute Gasteiger partial charge is 0.481 e. The third-order valence-electron chi connectivity index (χ3n) is 2.38. The molecule has 2 heterocycles. The molecule has 0 aliphatic rings. The van der Waals surface area contributed by atoms with Crippen molar-refractivity contribution in [3.8, 4) is 17.3 Å². The maximum absolute atomic E-state index is 11.0. The molecule has 3 N–H and O–H groups in total. The van der Waals surface area contributed by atoms with E-state index >= 15 is 0 Å². The minimum atomic E-state index is -4.43. The van der Waals surface area contributed by atoms with Crippen LogP contribution >= 0.6 is 7.60 Å². The zero-order valence-corrected chi connectivity index (χ0v) is 10.9. The summed E-state index contributed by atoms with van der Waals surface area (Å²) in [6, 6.07) is 5.69. The average Bonchev–Trinajstić information content (AvgIpc) is 2.87. The fourth-order valence-corrected chi connectivity index (χ4v) is 1.99. The Morgan fingerprint density at radius 2 is 2.11 bits per heavy atom. The van der Waals surface area contributed by atoms with E-state index in [1.807, 2.05) is 0 Å². The number of methoxy groups -OCH3 is 1. The minimum absolute atomic E-state index is 0.187. The van der Waals surface area contributed by atoms with Gasteiger partial charge < -0.3 is 24.0 Å². The van der Waals surface area contributed by atoms with Crippen molar-refractivity contribution in [3.63, 3.8) is 0 Å². The van der Waals surface area contributed by atoms with E-state index in [9.17, 15) is 4.57 Å².